The first-order valence-corrected chi connectivity index (χ1v) is 7.55. The van der Waals surface area contributed by atoms with E-state index in [0.717, 1.165) is 22.5 Å². The molecule has 7 heteroatoms. The highest BCUT2D eigenvalue weighted by Crippen LogP contribution is 2.23. The summed E-state index contributed by atoms with van der Waals surface area (Å²) in [6.07, 6.45) is 3.15. The van der Waals surface area contributed by atoms with Crippen LogP contribution in [0.1, 0.15) is 35.3 Å². The fourth-order valence-corrected chi connectivity index (χ4v) is 2.39. The van der Waals surface area contributed by atoms with Crippen LogP contribution >= 0.6 is 0 Å². The molecule has 0 spiro atoms. The summed E-state index contributed by atoms with van der Waals surface area (Å²) >= 11 is 0. The van der Waals surface area contributed by atoms with Crippen LogP contribution in [0.25, 0.3) is 5.69 Å². The van der Waals surface area contributed by atoms with Gasteiger partial charge < -0.3 is 5.32 Å². The standard InChI is InChI=1S/C17H17N7/c1-11-12(2)22-23-17(16(11)8-18)21-13(3)14-4-6-15(7-5-14)24-10-19-9-20-24/h4-7,9-10,13H,1-3H3,(H,21,23)/t13-/m0/s1. The Hall–Kier alpha value is -3.27. The minimum absolute atomic E-state index is 0.0155. The largest absolute Gasteiger partial charge is 0.361 e. The summed E-state index contributed by atoms with van der Waals surface area (Å²) < 4.78 is 1.70. The molecule has 2 aromatic heterocycles. The van der Waals surface area contributed by atoms with E-state index < -0.39 is 0 Å². The van der Waals surface area contributed by atoms with Gasteiger partial charge in [-0.2, -0.15) is 15.5 Å². The quantitative estimate of drug-likeness (QED) is 0.795. The third-order valence-corrected chi connectivity index (χ3v) is 4.00. The van der Waals surface area contributed by atoms with Crippen LogP contribution in [0.15, 0.2) is 36.9 Å². The lowest BCUT2D eigenvalue weighted by molar-refractivity contribution is 0.843. The third-order valence-electron chi connectivity index (χ3n) is 4.00. The Bertz CT molecular complexity index is 877. The Morgan fingerprint density at radius 2 is 1.92 bits per heavy atom. The van der Waals surface area contributed by atoms with Gasteiger partial charge in [0.25, 0.3) is 0 Å². The molecule has 1 aromatic carbocycles. The Labute approximate surface area is 140 Å². The van der Waals surface area contributed by atoms with Gasteiger partial charge in [-0.1, -0.05) is 12.1 Å². The second kappa shape index (κ2) is 6.46. The van der Waals surface area contributed by atoms with E-state index in [1.807, 2.05) is 45.0 Å². The van der Waals surface area contributed by atoms with Gasteiger partial charge >= 0.3 is 0 Å². The Kier molecular flexibility index (Phi) is 4.20. The van der Waals surface area contributed by atoms with Gasteiger partial charge in [-0.25, -0.2) is 9.67 Å². The molecule has 24 heavy (non-hydrogen) atoms. The monoisotopic (exact) mass is 319 g/mol. The van der Waals surface area contributed by atoms with Gasteiger partial charge in [0.2, 0.25) is 0 Å². The second-order valence-corrected chi connectivity index (χ2v) is 5.54. The highest BCUT2D eigenvalue weighted by molar-refractivity contribution is 5.56. The van der Waals surface area contributed by atoms with Crippen molar-refractivity contribution in [3.05, 3.63) is 59.3 Å². The average molecular weight is 319 g/mol. The van der Waals surface area contributed by atoms with Gasteiger partial charge in [-0.3, -0.25) is 0 Å². The molecule has 0 saturated heterocycles. The molecule has 0 radical (unpaired) electrons. The Morgan fingerprint density at radius 1 is 1.17 bits per heavy atom. The van der Waals surface area contributed by atoms with Gasteiger partial charge in [-0.15, -0.1) is 5.10 Å². The van der Waals surface area contributed by atoms with Crippen molar-refractivity contribution in [3.8, 4) is 11.8 Å². The molecule has 0 saturated carbocycles. The Morgan fingerprint density at radius 3 is 2.54 bits per heavy atom. The van der Waals surface area contributed by atoms with Crippen LogP contribution in [0.4, 0.5) is 5.82 Å². The highest BCUT2D eigenvalue weighted by atomic mass is 15.3. The maximum Gasteiger partial charge on any atom is 0.167 e. The molecule has 0 aliphatic carbocycles. The van der Waals surface area contributed by atoms with E-state index in [4.69, 9.17) is 0 Å². The molecule has 2 heterocycles. The summed E-state index contributed by atoms with van der Waals surface area (Å²) in [6, 6.07) is 10.2. The molecular formula is C17H17N7. The van der Waals surface area contributed by atoms with Crippen molar-refractivity contribution in [1.82, 2.24) is 25.0 Å². The van der Waals surface area contributed by atoms with E-state index in [0.29, 0.717) is 11.4 Å². The predicted molar refractivity (Wildman–Crippen MR) is 89.6 cm³/mol. The zero-order valence-corrected chi connectivity index (χ0v) is 13.7. The minimum Gasteiger partial charge on any atom is -0.361 e. The van der Waals surface area contributed by atoms with Crippen LogP contribution in [0.5, 0.6) is 0 Å². The molecule has 7 nitrogen and oxygen atoms in total. The van der Waals surface area contributed by atoms with Crippen molar-refractivity contribution in [2.24, 2.45) is 0 Å². The molecule has 3 aromatic rings. The predicted octanol–water partition coefficient (Wildman–Crippen LogP) is 2.72. The summed E-state index contributed by atoms with van der Waals surface area (Å²) in [6.45, 7) is 5.74. The van der Waals surface area contributed by atoms with Crippen molar-refractivity contribution in [1.29, 1.82) is 5.26 Å². The lowest BCUT2D eigenvalue weighted by Crippen LogP contribution is -2.12. The molecule has 0 aliphatic heterocycles. The number of nitrogens with one attached hydrogen (secondary N) is 1. The molecule has 3 rings (SSSR count). The number of aromatic nitrogens is 5. The highest BCUT2D eigenvalue weighted by Gasteiger charge is 2.14. The fourth-order valence-electron chi connectivity index (χ4n) is 2.39. The average Bonchev–Trinajstić information content (AvgIpc) is 3.13. The molecule has 120 valence electrons. The fraction of sp³-hybridized carbons (Fsp3) is 0.235. The van der Waals surface area contributed by atoms with E-state index in [-0.39, 0.29) is 6.04 Å². The Balaban J connectivity index is 1.82. The van der Waals surface area contributed by atoms with Crippen molar-refractivity contribution in [2.45, 2.75) is 26.8 Å². The van der Waals surface area contributed by atoms with Crippen molar-refractivity contribution in [3.63, 3.8) is 0 Å². The first-order valence-electron chi connectivity index (χ1n) is 7.55. The summed E-state index contributed by atoms with van der Waals surface area (Å²) in [5, 5.41) is 25.0. The van der Waals surface area contributed by atoms with Gasteiger partial charge in [0.05, 0.1) is 17.4 Å². The van der Waals surface area contributed by atoms with Crippen LogP contribution in [0, 0.1) is 25.2 Å². The summed E-state index contributed by atoms with van der Waals surface area (Å²) in [4.78, 5) is 3.94. The summed E-state index contributed by atoms with van der Waals surface area (Å²) in [7, 11) is 0. The number of hydrogen-bond donors (Lipinski definition) is 1. The number of hydrogen-bond acceptors (Lipinski definition) is 6. The molecule has 0 bridgehead atoms. The van der Waals surface area contributed by atoms with Crippen LogP contribution in [0.3, 0.4) is 0 Å². The van der Waals surface area contributed by atoms with Crippen molar-refractivity contribution in [2.75, 3.05) is 5.32 Å². The van der Waals surface area contributed by atoms with Crippen LogP contribution in [-0.2, 0) is 0 Å². The van der Waals surface area contributed by atoms with E-state index in [1.165, 1.54) is 6.33 Å². The first kappa shape index (κ1) is 15.6. The molecule has 0 fully saturated rings. The summed E-state index contributed by atoms with van der Waals surface area (Å²) in [5.41, 5.74) is 4.16. The van der Waals surface area contributed by atoms with E-state index in [1.54, 1.807) is 11.0 Å². The molecule has 0 unspecified atom stereocenters. The van der Waals surface area contributed by atoms with E-state index >= 15 is 0 Å². The molecule has 0 aliphatic rings. The second-order valence-electron chi connectivity index (χ2n) is 5.54. The first-order chi connectivity index (χ1) is 11.6. The van der Waals surface area contributed by atoms with Gasteiger partial charge in [0.15, 0.2) is 5.82 Å². The van der Waals surface area contributed by atoms with Crippen molar-refractivity contribution >= 4 is 5.82 Å². The number of nitriles is 1. The topological polar surface area (TPSA) is 92.3 Å². The molecule has 1 atom stereocenters. The maximum atomic E-state index is 9.38. The maximum absolute atomic E-state index is 9.38. The molecule has 0 amide bonds. The van der Waals surface area contributed by atoms with Crippen LogP contribution in [-0.4, -0.2) is 25.0 Å². The normalized spacial score (nSPS) is 11.8. The number of aryl methyl sites for hydroxylation is 1. The van der Waals surface area contributed by atoms with E-state index in [9.17, 15) is 5.26 Å². The molecular weight excluding hydrogens is 302 g/mol. The zero-order valence-electron chi connectivity index (χ0n) is 13.7. The van der Waals surface area contributed by atoms with Gasteiger partial charge in [0, 0.05) is 0 Å². The minimum atomic E-state index is -0.0155. The SMILES string of the molecule is Cc1nnc(N[C@@H](C)c2ccc(-n3cncn3)cc2)c(C#N)c1C. The van der Waals surface area contributed by atoms with Crippen LogP contribution in [0.2, 0.25) is 0 Å². The number of nitrogens with zero attached hydrogens (tertiary/aromatic N) is 6. The number of rotatable bonds is 4. The smallest absolute Gasteiger partial charge is 0.167 e. The van der Waals surface area contributed by atoms with Gasteiger partial charge in [-0.05, 0) is 44.0 Å². The number of benzene rings is 1. The third kappa shape index (κ3) is 2.94. The van der Waals surface area contributed by atoms with Crippen molar-refractivity contribution < 1.29 is 0 Å². The van der Waals surface area contributed by atoms with Gasteiger partial charge in [0.1, 0.15) is 24.3 Å². The number of anilines is 1. The summed E-state index contributed by atoms with van der Waals surface area (Å²) in [5.74, 6) is 0.508. The zero-order chi connectivity index (χ0) is 17.1. The molecule has 1 N–H and O–H groups in total. The lowest BCUT2D eigenvalue weighted by Gasteiger charge is -2.17. The van der Waals surface area contributed by atoms with Crippen LogP contribution < -0.4 is 5.32 Å². The lowest BCUT2D eigenvalue weighted by atomic mass is 10.1. The van der Waals surface area contributed by atoms with E-state index in [2.05, 4.69) is 31.7 Å².